The van der Waals surface area contributed by atoms with Gasteiger partial charge in [-0.2, -0.15) is 4.31 Å². The van der Waals surface area contributed by atoms with Gasteiger partial charge in [-0.05, 0) is 48.6 Å². The average molecular weight is 405 g/mol. The summed E-state index contributed by atoms with van der Waals surface area (Å²) in [6.45, 7) is 5.20. The van der Waals surface area contributed by atoms with Gasteiger partial charge in [-0.15, -0.1) is 0 Å². The van der Waals surface area contributed by atoms with Gasteiger partial charge in [0.05, 0.1) is 4.90 Å². The van der Waals surface area contributed by atoms with Gasteiger partial charge < -0.3 is 5.32 Å². The fraction of sp³-hybridized carbons (Fsp3) is 0.381. The first-order valence-corrected chi connectivity index (χ1v) is 10.8. The van der Waals surface area contributed by atoms with Gasteiger partial charge in [0.1, 0.15) is 5.82 Å². The summed E-state index contributed by atoms with van der Waals surface area (Å²) in [6.07, 6.45) is 1.02. The van der Waals surface area contributed by atoms with Gasteiger partial charge >= 0.3 is 0 Å². The third kappa shape index (κ3) is 4.59. The van der Waals surface area contributed by atoms with E-state index in [9.17, 15) is 17.6 Å². The molecule has 0 radical (unpaired) electrons. The van der Waals surface area contributed by atoms with E-state index in [2.05, 4.69) is 19.2 Å². The summed E-state index contributed by atoms with van der Waals surface area (Å²) in [7, 11) is -3.58. The van der Waals surface area contributed by atoms with Crippen LogP contribution in [-0.2, 0) is 16.6 Å². The third-order valence-electron chi connectivity index (χ3n) is 4.99. The summed E-state index contributed by atoms with van der Waals surface area (Å²) in [5.41, 5.74) is 0.721. The molecule has 0 spiro atoms. The van der Waals surface area contributed by atoms with Gasteiger partial charge in [0.25, 0.3) is 5.91 Å². The normalized spacial score (nSPS) is 20.7. The average Bonchev–Trinajstić information content (AvgIpc) is 2.66. The molecular formula is C21H25FN2O3S. The lowest BCUT2D eigenvalue weighted by Gasteiger charge is -2.34. The number of hydrogen-bond donors (Lipinski definition) is 1. The molecule has 7 heteroatoms. The first-order valence-electron chi connectivity index (χ1n) is 9.39. The number of sulfonamides is 1. The third-order valence-corrected chi connectivity index (χ3v) is 6.83. The maximum atomic E-state index is 13.6. The highest BCUT2D eigenvalue weighted by atomic mass is 32.2. The summed E-state index contributed by atoms with van der Waals surface area (Å²) >= 11 is 0. The first-order chi connectivity index (χ1) is 13.3. The molecule has 28 heavy (non-hydrogen) atoms. The minimum Gasteiger partial charge on any atom is -0.348 e. The van der Waals surface area contributed by atoms with E-state index in [1.54, 1.807) is 18.2 Å². The lowest BCUT2D eigenvalue weighted by atomic mass is 9.94. The number of nitrogens with zero attached hydrogens (tertiary/aromatic N) is 1. The second-order valence-electron chi connectivity index (χ2n) is 7.57. The van der Waals surface area contributed by atoms with Crippen molar-refractivity contribution in [2.24, 2.45) is 11.8 Å². The highest BCUT2D eigenvalue weighted by molar-refractivity contribution is 7.89. The minimum absolute atomic E-state index is 0.0646. The molecule has 2 atom stereocenters. The van der Waals surface area contributed by atoms with Crippen LogP contribution in [0, 0.1) is 17.7 Å². The molecule has 150 valence electrons. The zero-order valence-electron chi connectivity index (χ0n) is 16.1. The van der Waals surface area contributed by atoms with Crippen molar-refractivity contribution in [3.05, 3.63) is 65.5 Å². The Morgan fingerprint density at radius 1 is 1.07 bits per heavy atom. The number of rotatable bonds is 5. The molecule has 1 N–H and O–H groups in total. The van der Waals surface area contributed by atoms with Crippen molar-refractivity contribution in [2.75, 3.05) is 13.1 Å². The molecule has 2 aromatic rings. The predicted octanol–water partition coefficient (Wildman–Crippen LogP) is 3.42. The number of carbonyl (C=O) groups excluding carboxylic acids is 1. The van der Waals surface area contributed by atoms with E-state index < -0.39 is 10.0 Å². The van der Waals surface area contributed by atoms with Crippen LogP contribution in [0.2, 0.25) is 0 Å². The highest BCUT2D eigenvalue weighted by Crippen LogP contribution is 2.26. The number of carbonyl (C=O) groups is 1. The first kappa shape index (κ1) is 20.5. The molecule has 0 aliphatic carbocycles. The number of benzene rings is 2. The lowest BCUT2D eigenvalue weighted by molar-refractivity contribution is 0.0950. The summed E-state index contributed by atoms with van der Waals surface area (Å²) in [6, 6.07) is 12.1. The van der Waals surface area contributed by atoms with Crippen molar-refractivity contribution in [3.63, 3.8) is 0 Å². The van der Waals surface area contributed by atoms with Crippen molar-refractivity contribution in [2.45, 2.75) is 31.7 Å². The van der Waals surface area contributed by atoms with Crippen molar-refractivity contribution in [1.29, 1.82) is 0 Å². The fourth-order valence-electron chi connectivity index (χ4n) is 3.65. The number of hydrogen-bond acceptors (Lipinski definition) is 3. The van der Waals surface area contributed by atoms with Gasteiger partial charge in [0.2, 0.25) is 10.0 Å². The van der Waals surface area contributed by atoms with Gasteiger partial charge in [-0.1, -0.05) is 32.0 Å². The van der Waals surface area contributed by atoms with Crippen molar-refractivity contribution in [3.8, 4) is 0 Å². The van der Waals surface area contributed by atoms with Crippen molar-refractivity contribution >= 4 is 15.9 Å². The molecule has 1 fully saturated rings. The molecule has 1 amide bonds. The maximum Gasteiger partial charge on any atom is 0.251 e. The van der Waals surface area contributed by atoms with Gasteiger partial charge in [0, 0.05) is 30.8 Å². The second kappa shape index (κ2) is 8.41. The zero-order chi connectivity index (χ0) is 20.3. The van der Waals surface area contributed by atoms with Gasteiger partial charge in [-0.3, -0.25) is 4.79 Å². The zero-order valence-corrected chi connectivity index (χ0v) is 16.9. The van der Waals surface area contributed by atoms with E-state index >= 15 is 0 Å². The van der Waals surface area contributed by atoms with Crippen LogP contribution < -0.4 is 5.32 Å². The fourth-order valence-corrected chi connectivity index (χ4v) is 5.33. The Balaban J connectivity index is 1.68. The molecule has 2 aromatic carbocycles. The van der Waals surface area contributed by atoms with Crippen molar-refractivity contribution < 1.29 is 17.6 Å². The van der Waals surface area contributed by atoms with Crippen LogP contribution >= 0.6 is 0 Å². The Bertz CT molecular complexity index is 934. The Morgan fingerprint density at radius 2 is 1.68 bits per heavy atom. The second-order valence-corrected chi connectivity index (χ2v) is 9.50. The van der Waals surface area contributed by atoms with Crippen molar-refractivity contribution in [1.82, 2.24) is 9.62 Å². The number of amides is 1. The molecule has 5 nitrogen and oxygen atoms in total. The largest absolute Gasteiger partial charge is 0.348 e. The molecule has 0 unspecified atom stereocenters. The van der Waals surface area contributed by atoms with Crippen LogP contribution in [0.3, 0.4) is 0 Å². The molecule has 1 aliphatic rings. The van der Waals surface area contributed by atoms with E-state index in [1.807, 2.05) is 0 Å². The van der Waals surface area contributed by atoms with E-state index in [-0.39, 0.29) is 23.2 Å². The Labute approximate surface area is 165 Å². The van der Waals surface area contributed by atoms with Crippen LogP contribution in [0.15, 0.2) is 53.4 Å². The lowest BCUT2D eigenvalue weighted by Crippen LogP contribution is -2.42. The van der Waals surface area contributed by atoms with Gasteiger partial charge in [0.15, 0.2) is 0 Å². The van der Waals surface area contributed by atoms with Gasteiger partial charge in [-0.25, -0.2) is 12.8 Å². The summed E-state index contributed by atoms with van der Waals surface area (Å²) in [5, 5.41) is 2.65. The molecule has 0 saturated carbocycles. The standard InChI is InChI=1S/C21H25FN2O3S/c1-15-11-16(2)14-24(13-15)28(26,27)19-9-7-17(8-10-19)21(25)23-12-18-5-3-4-6-20(18)22/h3-10,15-16H,11-14H2,1-2H3,(H,23,25)/t15-,16+. The van der Waals surface area contributed by atoms with E-state index in [0.717, 1.165) is 6.42 Å². The summed E-state index contributed by atoms with van der Waals surface area (Å²) in [4.78, 5) is 12.5. The summed E-state index contributed by atoms with van der Waals surface area (Å²) < 4.78 is 40.9. The molecule has 1 heterocycles. The van der Waals surface area contributed by atoms with Crippen LogP contribution in [0.5, 0.6) is 0 Å². The summed E-state index contributed by atoms with van der Waals surface area (Å²) in [5.74, 6) is -0.120. The minimum atomic E-state index is -3.58. The van der Waals surface area contributed by atoms with Crippen LogP contribution in [-0.4, -0.2) is 31.7 Å². The topological polar surface area (TPSA) is 66.5 Å². The SMILES string of the molecule is C[C@@H]1C[C@H](C)CN(S(=O)(=O)c2ccc(C(=O)NCc3ccccc3F)cc2)C1. The molecule has 1 aliphatic heterocycles. The van der Waals surface area contributed by atoms with E-state index in [4.69, 9.17) is 0 Å². The quantitative estimate of drug-likeness (QED) is 0.830. The Kier molecular flexibility index (Phi) is 6.15. The molecule has 0 bridgehead atoms. The van der Waals surface area contributed by atoms with Crippen LogP contribution in [0.1, 0.15) is 36.2 Å². The van der Waals surface area contributed by atoms with Crippen LogP contribution in [0.25, 0.3) is 0 Å². The molecular weight excluding hydrogens is 379 g/mol. The number of halogens is 1. The number of piperidine rings is 1. The Morgan fingerprint density at radius 3 is 2.29 bits per heavy atom. The smallest absolute Gasteiger partial charge is 0.251 e. The number of nitrogens with one attached hydrogen (secondary N) is 1. The van der Waals surface area contributed by atoms with E-state index in [1.165, 1.54) is 34.6 Å². The molecule has 3 rings (SSSR count). The predicted molar refractivity (Wildman–Crippen MR) is 106 cm³/mol. The molecule has 0 aromatic heterocycles. The van der Waals surface area contributed by atoms with Crippen LogP contribution in [0.4, 0.5) is 4.39 Å². The molecule has 1 saturated heterocycles. The Hall–Kier alpha value is -2.25. The van der Waals surface area contributed by atoms with E-state index in [0.29, 0.717) is 36.1 Å². The monoisotopic (exact) mass is 404 g/mol. The highest BCUT2D eigenvalue weighted by Gasteiger charge is 2.31. The maximum absolute atomic E-state index is 13.6.